The first kappa shape index (κ1) is 25.4. The van der Waals surface area contributed by atoms with Crippen LogP contribution in [0.2, 0.25) is 10.0 Å². The van der Waals surface area contributed by atoms with E-state index in [4.69, 9.17) is 40.2 Å². The Morgan fingerprint density at radius 1 is 0.969 bits per heavy atom. The number of amides is 3. The second-order valence-corrected chi connectivity index (χ2v) is 7.96. The zero-order valence-electron chi connectivity index (χ0n) is 17.4. The zero-order chi connectivity index (χ0) is 23.7. The van der Waals surface area contributed by atoms with E-state index in [0.29, 0.717) is 21.5 Å². The zero-order valence-corrected chi connectivity index (χ0v) is 19.7. The Labute approximate surface area is 201 Å². The van der Waals surface area contributed by atoms with Crippen molar-refractivity contribution in [1.29, 1.82) is 0 Å². The van der Waals surface area contributed by atoms with Gasteiger partial charge in [0.25, 0.3) is 5.91 Å². The highest BCUT2D eigenvalue weighted by Gasteiger charge is 2.11. The number of anilines is 1. The molecule has 0 fully saturated rings. The lowest BCUT2D eigenvalue weighted by atomic mass is 10.2. The molecule has 32 heavy (non-hydrogen) atoms. The number of ether oxygens (including phenoxy) is 1. The van der Waals surface area contributed by atoms with E-state index < -0.39 is 11.8 Å². The molecule has 2 aromatic rings. The van der Waals surface area contributed by atoms with Crippen molar-refractivity contribution in [3.05, 3.63) is 57.6 Å². The maximum absolute atomic E-state index is 12.0. The second-order valence-electron chi connectivity index (χ2n) is 6.71. The molecule has 0 aromatic heterocycles. The number of benzene rings is 2. The van der Waals surface area contributed by atoms with Crippen molar-refractivity contribution in [3.8, 4) is 5.75 Å². The van der Waals surface area contributed by atoms with Crippen LogP contribution in [0.4, 0.5) is 5.69 Å². The summed E-state index contributed by atoms with van der Waals surface area (Å²) < 4.78 is 5.41. The molecule has 0 aliphatic rings. The van der Waals surface area contributed by atoms with Crippen LogP contribution in [0.3, 0.4) is 0 Å². The number of hydrazine groups is 1. The van der Waals surface area contributed by atoms with Gasteiger partial charge in [-0.3, -0.25) is 30.6 Å². The van der Waals surface area contributed by atoms with Crippen LogP contribution < -0.4 is 26.2 Å². The van der Waals surface area contributed by atoms with Crippen LogP contribution in [-0.4, -0.2) is 29.4 Å². The van der Waals surface area contributed by atoms with Crippen LogP contribution in [0.5, 0.6) is 5.75 Å². The summed E-state index contributed by atoms with van der Waals surface area (Å²) in [5.41, 5.74) is 6.82. The largest absolute Gasteiger partial charge is 0.483 e. The predicted molar refractivity (Wildman–Crippen MR) is 128 cm³/mol. The van der Waals surface area contributed by atoms with Gasteiger partial charge in [0.15, 0.2) is 11.7 Å². The van der Waals surface area contributed by atoms with Crippen molar-refractivity contribution < 1.29 is 19.1 Å². The molecule has 0 aliphatic carbocycles. The maximum atomic E-state index is 12.0. The van der Waals surface area contributed by atoms with Crippen molar-refractivity contribution in [2.75, 3.05) is 11.9 Å². The van der Waals surface area contributed by atoms with Crippen molar-refractivity contribution >= 4 is 63.9 Å². The minimum Gasteiger partial charge on any atom is -0.483 e. The summed E-state index contributed by atoms with van der Waals surface area (Å²) in [5, 5.41) is 6.06. The fourth-order valence-corrected chi connectivity index (χ4v) is 3.05. The Balaban J connectivity index is 1.66. The van der Waals surface area contributed by atoms with Gasteiger partial charge in [-0.2, -0.15) is 0 Å². The summed E-state index contributed by atoms with van der Waals surface area (Å²) in [7, 11) is 0. The van der Waals surface area contributed by atoms with E-state index in [1.165, 1.54) is 0 Å². The molecule has 3 amide bonds. The lowest BCUT2D eigenvalue weighted by Crippen LogP contribution is -2.49. The van der Waals surface area contributed by atoms with Gasteiger partial charge in [0, 0.05) is 28.6 Å². The Hall–Kier alpha value is -2.88. The van der Waals surface area contributed by atoms with Gasteiger partial charge in [-0.05, 0) is 67.5 Å². The van der Waals surface area contributed by atoms with E-state index in [-0.39, 0.29) is 30.5 Å². The SMILES string of the molecule is Cc1cc(Cl)ccc1OCC(=O)NC(=S)NNC(=O)CCC(=O)Nc1cccc(Cl)c1C. The Bertz CT molecular complexity index is 1030. The van der Waals surface area contributed by atoms with Crippen LogP contribution in [-0.2, 0) is 14.4 Å². The van der Waals surface area contributed by atoms with Crippen LogP contribution in [0, 0.1) is 13.8 Å². The molecule has 2 aromatic carbocycles. The lowest BCUT2D eigenvalue weighted by molar-refractivity contribution is -0.125. The Morgan fingerprint density at radius 2 is 1.69 bits per heavy atom. The molecule has 0 bridgehead atoms. The van der Waals surface area contributed by atoms with E-state index in [0.717, 1.165) is 11.1 Å². The summed E-state index contributed by atoms with van der Waals surface area (Å²) in [5.74, 6) is -0.811. The van der Waals surface area contributed by atoms with Crippen molar-refractivity contribution in [1.82, 2.24) is 16.2 Å². The average molecular weight is 497 g/mol. The number of carbonyl (C=O) groups excluding carboxylic acids is 3. The number of aryl methyl sites for hydroxylation is 1. The van der Waals surface area contributed by atoms with Crippen LogP contribution >= 0.6 is 35.4 Å². The van der Waals surface area contributed by atoms with Gasteiger partial charge in [-0.25, -0.2) is 0 Å². The number of hydrogen-bond acceptors (Lipinski definition) is 5. The Kier molecular flexibility index (Phi) is 9.70. The minimum absolute atomic E-state index is 0.0487. The molecule has 4 N–H and O–H groups in total. The molecule has 11 heteroatoms. The highest BCUT2D eigenvalue weighted by atomic mass is 35.5. The molecule has 0 saturated carbocycles. The molecular formula is C21H22Cl2N4O4S. The maximum Gasteiger partial charge on any atom is 0.264 e. The molecule has 0 heterocycles. The number of carbonyl (C=O) groups is 3. The molecule has 8 nitrogen and oxygen atoms in total. The number of halogens is 2. The van der Waals surface area contributed by atoms with Crippen molar-refractivity contribution in [2.45, 2.75) is 26.7 Å². The predicted octanol–water partition coefficient (Wildman–Crippen LogP) is 3.43. The lowest BCUT2D eigenvalue weighted by Gasteiger charge is -2.12. The average Bonchev–Trinajstić information content (AvgIpc) is 2.73. The number of thiocarbonyl (C=S) groups is 1. The van der Waals surface area contributed by atoms with Crippen LogP contribution in [0.25, 0.3) is 0 Å². The van der Waals surface area contributed by atoms with Gasteiger partial charge in [-0.1, -0.05) is 29.3 Å². The first-order valence-corrected chi connectivity index (χ1v) is 10.6. The molecule has 2 rings (SSSR count). The van der Waals surface area contributed by atoms with Gasteiger partial charge >= 0.3 is 0 Å². The third-order valence-electron chi connectivity index (χ3n) is 4.19. The summed E-state index contributed by atoms with van der Waals surface area (Å²) in [4.78, 5) is 35.9. The third kappa shape index (κ3) is 8.33. The summed E-state index contributed by atoms with van der Waals surface area (Å²) in [6, 6.07) is 10.2. The molecule has 0 spiro atoms. The molecule has 0 aliphatic heterocycles. The molecule has 0 saturated heterocycles. The first-order valence-electron chi connectivity index (χ1n) is 9.48. The van der Waals surface area contributed by atoms with Gasteiger partial charge in [0.2, 0.25) is 11.8 Å². The number of nitrogens with one attached hydrogen (secondary N) is 4. The van der Waals surface area contributed by atoms with Gasteiger partial charge in [0.05, 0.1) is 0 Å². The topological polar surface area (TPSA) is 109 Å². The van der Waals surface area contributed by atoms with E-state index in [9.17, 15) is 14.4 Å². The number of rotatable bonds is 7. The Morgan fingerprint density at radius 3 is 2.41 bits per heavy atom. The monoisotopic (exact) mass is 496 g/mol. The summed E-state index contributed by atoms with van der Waals surface area (Å²) in [6.45, 7) is 3.31. The third-order valence-corrected chi connectivity index (χ3v) is 5.03. The fourth-order valence-electron chi connectivity index (χ4n) is 2.48. The van der Waals surface area contributed by atoms with E-state index >= 15 is 0 Å². The van der Waals surface area contributed by atoms with E-state index in [1.807, 2.05) is 0 Å². The molecular weight excluding hydrogens is 475 g/mol. The van der Waals surface area contributed by atoms with E-state index in [2.05, 4.69) is 21.5 Å². The van der Waals surface area contributed by atoms with Gasteiger partial charge in [-0.15, -0.1) is 0 Å². The fraction of sp³-hybridized carbons (Fsp3) is 0.238. The van der Waals surface area contributed by atoms with Crippen LogP contribution in [0.1, 0.15) is 24.0 Å². The highest BCUT2D eigenvalue weighted by molar-refractivity contribution is 7.80. The molecule has 0 unspecified atom stereocenters. The smallest absolute Gasteiger partial charge is 0.264 e. The van der Waals surface area contributed by atoms with Crippen molar-refractivity contribution in [3.63, 3.8) is 0 Å². The van der Waals surface area contributed by atoms with Gasteiger partial charge < -0.3 is 10.1 Å². The van der Waals surface area contributed by atoms with Crippen LogP contribution in [0.15, 0.2) is 36.4 Å². The molecule has 0 radical (unpaired) electrons. The molecule has 170 valence electrons. The summed E-state index contributed by atoms with van der Waals surface area (Å²) >= 11 is 16.8. The second kappa shape index (κ2) is 12.2. The normalized spacial score (nSPS) is 10.1. The standard InChI is InChI=1S/C21H22Cl2N4O4S/c1-12-10-14(22)6-7-17(12)31-11-20(30)25-21(32)27-26-19(29)9-8-18(28)24-16-5-3-4-15(23)13(16)2/h3-7,10H,8-9,11H2,1-2H3,(H,24,28)(H,26,29)(H2,25,27,30,32). The van der Waals surface area contributed by atoms with Gasteiger partial charge in [0.1, 0.15) is 5.75 Å². The first-order chi connectivity index (χ1) is 15.2. The van der Waals surface area contributed by atoms with E-state index in [1.54, 1.807) is 50.2 Å². The number of hydrogen-bond donors (Lipinski definition) is 4. The highest BCUT2D eigenvalue weighted by Crippen LogP contribution is 2.23. The summed E-state index contributed by atoms with van der Waals surface area (Å²) in [6.07, 6.45) is -0.138. The minimum atomic E-state index is -0.512. The van der Waals surface area contributed by atoms with Crippen molar-refractivity contribution in [2.24, 2.45) is 0 Å². The molecule has 0 atom stereocenters. The quantitative estimate of drug-likeness (QED) is 0.345.